The number of rotatable bonds is 8. The maximum absolute atomic E-state index is 12.4. The molecule has 27 heavy (non-hydrogen) atoms. The normalized spacial score (nSPS) is 11.4. The van der Waals surface area contributed by atoms with E-state index in [0.29, 0.717) is 5.76 Å². The molecule has 8 nitrogen and oxygen atoms in total. The Hall–Kier alpha value is -2.65. The molecule has 0 saturated carbocycles. The number of ether oxygens (including phenoxy) is 1. The number of likely N-dealkylation sites (N-methyl/N-ethyl adjacent to an activating group) is 2. The fourth-order valence-corrected chi connectivity index (χ4v) is 3.29. The summed E-state index contributed by atoms with van der Waals surface area (Å²) < 4.78 is 35.8. The fraction of sp³-hybridized carbons (Fsp3) is 0.333. The zero-order chi connectivity index (χ0) is 20.0. The van der Waals surface area contributed by atoms with Gasteiger partial charge in [-0.3, -0.25) is 9.59 Å². The summed E-state index contributed by atoms with van der Waals surface area (Å²) in [6, 6.07) is 9.72. The first-order valence-electron chi connectivity index (χ1n) is 8.15. The van der Waals surface area contributed by atoms with Crippen LogP contribution >= 0.6 is 0 Å². The Morgan fingerprint density at radius 2 is 1.78 bits per heavy atom. The van der Waals surface area contributed by atoms with Crippen LogP contribution in [0.2, 0.25) is 0 Å². The Labute approximate surface area is 158 Å². The highest BCUT2D eigenvalue weighted by atomic mass is 32.2. The van der Waals surface area contributed by atoms with Crippen LogP contribution in [0, 0.1) is 6.92 Å². The highest BCUT2D eigenvalue weighted by Crippen LogP contribution is 2.14. The molecule has 0 N–H and O–H groups in total. The van der Waals surface area contributed by atoms with Crippen LogP contribution in [0.15, 0.2) is 52.0 Å². The maximum Gasteiger partial charge on any atom is 0.321 e. The van der Waals surface area contributed by atoms with Crippen LogP contribution in [0.25, 0.3) is 0 Å². The summed E-state index contributed by atoms with van der Waals surface area (Å²) in [5, 5.41) is 0. The van der Waals surface area contributed by atoms with Crippen molar-refractivity contribution in [1.29, 1.82) is 0 Å². The number of hydrogen-bond acceptors (Lipinski definition) is 6. The van der Waals surface area contributed by atoms with Crippen LogP contribution < -0.4 is 0 Å². The molecule has 146 valence electrons. The Kier molecular flexibility index (Phi) is 6.75. The Morgan fingerprint density at radius 1 is 1.11 bits per heavy atom. The summed E-state index contributed by atoms with van der Waals surface area (Å²) in [5.74, 6) is -0.641. The lowest BCUT2D eigenvalue weighted by Gasteiger charge is -2.18. The number of nitrogens with zero attached hydrogens (tertiary/aromatic N) is 2. The first-order chi connectivity index (χ1) is 12.7. The molecule has 0 aliphatic rings. The standard InChI is InChI=1S/C18H22N2O6S/c1-14-6-8-16(9-7-14)27(23,24)20(3)12-18(22)26-13-17(21)19(2)11-15-5-4-10-25-15/h4-10H,11-13H2,1-3H3. The highest BCUT2D eigenvalue weighted by Gasteiger charge is 2.24. The van der Waals surface area contributed by atoms with Gasteiger partial charge < -0.3 is 14.1 Å². The smallest absolute Gasteiger partial charge is 0.321 e. The number of esters is 1. The third-order valence-electron chi connectivity index (χ3n) is 3.84. The lowest BCUT2D eigenvalue weighted by molar-refractivity contribution is -0.151. The van der Waals surface area contributed by atoms with Crippen LogP contribution in [0.3, 0.4) is 0 Å². The number of sulfonamides is 1. The van der Waals surface area contributed by atoms with E-state index in [0.717, 1.165) is 9.87 Å². The van der Waals surface area contributed by atoms with Crippen molar-refractivity contribution in [3.8, 4) is 0 Å². The van der Waals surface area contributed by atoms with E-state index in [-0.39, 0.29) is 11.4 Å². The topological polar surface area (TPSA) is 97.1 Å². The number of carbonyl (C=O) groups is 2. The lowest BCUT2D eigenvalue weighted by Crippen LogP contribution is -2.35. The van der Waals surface area contributed by atoms with Gasteiger partial charge in [0.1, 0.15) is 12.3 Å². The second-order valence-electron chi connectivity index (χ2n) is 6.06. The van der Waals surface area contributed by atoms with Crippen molar-refractivity contribution in [3.63, 3.8) is 0 Å². The van der Waals surface area contributed by atoms with Crippen molar-refractivity contribution >= 4 is 21.9 Å². The molecule has 9 heteroatoms. The van der Waals surface area contributed by atoms with Gasteiger partial charge in [-0.25, -0.2) is 8.42 Å². The molecular formula is C18H22N2O6S. The second kappa shape index (κ2) is 8.83. The first kappa shape index (κ1) is 20.7. The SMILES string of the molecule is Cc1ccc(S(=O)(=O)N(C)CC(=O)OCC(=O)N(C)Cc2ccco2)cc1. The molecule has 1 amide bonds. The third kappa shape index (κ3) is 5.66. The van der Waals surface area contributed by atoms with E-state index in [4.69, 9.17) is 9.15 Å². The molecule has 1 aromatic heterocycles. The number of furan rings is 1. The van der Waals surface area contributed by atoms with Gasteiger partial charge in [-0.1, -0.05) is 17.7 Å². The summed E-state index contributed by atoms with van der Waals surface area (Å²) in [6.45, 7) is 1.11. The van der Waals surface area contributed by atoms with Crippen molar-refractivity contribution in [2.24, 2.45) is 0 Å². The molecule has 0 unspecified atom stereocenters. The zero-order valence-electron chi connectivity index (χ0n) is 15.4. The molecule has 1 heterocycles. The van der Waals surface area contributed by atoms with E-state index >= 15 is 0 Å². The van der Waals surface area contributed by atoms with E-state index in [2.05, 4.69) is 0 Å². The van der Waals surface area contributed by atoms with Gasteiger partial charge in [-0.2, -0.15) is 4.31 Å². The third-order valence-corrected chi connectivity index (χ3v) is 5.65. The molecule has 0 fully saturated rings. The minimum Gasteiger partial charge on any atom is -0.467 e. The van der Waals surface area contributed by atoms with Gasteiger partial charge in [-0.15, -0.1) is 0 Å². The minimum absolute atomic E-state index is 0.0812. The van der Waals surface area contributed by atoms with Gasteiger partial charge in [0.2, 0.25) is 10.0 Å². The summed E-state index contributed by atoms with van der Waals surface area (Å²) in [7, 11) is -0.988. The summed E-state index contributed by atoms with van der Waals surface area (Å²) in [4.78, 5) is 25.3. The molecule has 0 spiro atoms. The van der Waals surface area contributed by atoms with Crippen LogP contribution in [0.1, 0.15) is 11.3 Å². The van der Waals surface area contributed by atoms with Crippen molar-refractivity contribution in [3.05, 3.63) is 54.0 Å². The molecule has 0 atom stereocenters. The zero-order valence-corrected chi connectivity index (χ0v) is 16.2. The Balaban J connectivity index is 1.85. The highest BCUT2D eigenvalue weighted by molar-refractivity contribution is 7.89. The average molecular weight is 394 g/mol. The molecule has 2 rings (SSSR count). The number of amides is 1. The average Bonchev–Trinajstić information content (AvgIpc) is 3.12. The van der Waals surface area contributed by atoms with E-state index in [1.165, 1.54) is 30.3 Å². The monoisotopic (exact) mass is 394 g/mol. The Morgan fingerprint density at radius 3 is 2.37 bits per heavy atom. The second-order valence-corrected chi connectivity index (χ2v) is 8.11. The van der Waals surface area contributed by atoms with E-state index in [1.54, 1.807) is 31.3 Å². The molecule has 0 aliphatic carbocycles. The molecule has 1 aromatic carbocycles. The molecular weight excluding hydrogens is 372 g/mol. The number of aryl methyl sites for hydroxylation is 1. The van der Waals surface area contributed by atoms with Crippen LogP contribution in [0.4, 0.5) is 0 Å². The molecule has 0 saturated heterocycles. The van der Waals surface area contributed by atoms with E-state index in [1.807, 2.05) is 6.92 Å². The van der Waals surface area contributed by atoms with Gasteiger partial charge in [-0.05, 0) is 31.2 Å². The summed E-state index contributed by atoms with van der Waals surface area (Å²) in [6.07, 6.45) is 1.50. The minimum atomic E-state index is -3.82. The van der Waals surface area contributed by atoms with Crippen molar-refractivity contribution in [2.45, 2.75) is 18.4 Å². The van der Waals surface area contributed by atoms with Crippen LogP contribution in [-0.2, 0) is 30.9 Å². The Bertz CT molecular complexity index is 875. The molecule has 0 aliphatic heterocycles. The predicted octanol–water partition coefficient (Wildman–Crippen LogP) is 1.41. The molecule has 2 aromatic rings. The number of hydrogen-bond donors (Lipinski definition) is 0. The molecule has 0 bridgehead atoms. The van der Waals surface area contributed by atoms with Gasteiger partial charge in [0.15, 0.2) is 6.61 Å². The van der Waals surface area contributed by atoms with Crippen LogP contribution in [0.5, 0.6) is 0 Å². The largest absolute Gasteiger partial charge is 0.467 e. The summed E-state index contributed by atoms with van der Waals surface area (Å²) in [5.41, 5.74) is 0.924. The van der Waals surface area contributed by atoms with Gasteiger partial charge in [0.05, 0.1) is 17.7 Å². The quantitative estimate of drug-likeness (QED) is 0.628. The van der Waals surface area contributed by atoms with Gasteiger partial charge in [0, 0.05) is 14.1 Å². The summed E-state index contributed by atoms with van der Waals surface area (Å²) >= 11 is 0. The first-order valence-corrected chi connectivity index (χ1v) is 9.59. The van der Waals surface area contributed by atoms with Crippen molar-refractivity contribution in [1.82, 2.24) is 9.21 Å². The van der Waals surface area contributed by atoms with Crippen LogP contribution in [-0.4, -0.2) is 56.7 Å². The predicted molar refractivity (Wildman–Crippen MR) is 97.1 cm³/mol. The molecule has 0 radical (unpaired) electrons. The van der Waals surface area contributed by atoms with E-state index < -0.39 is 35.1 Å². The number of carbonyl (C=O) groups excluding carboxylic acids is 2. The van der Waals surface area contributed by atoms with E-state index in [9.17, 15) is 18.0 Å². The van der Waals surface area contributed by atoms with Crippen molar-refractivity contribution in [2.75, 3.05) is 27.2 Å². The number of benzene rings is 1. The van der Waals surface area contributed by atoms with Gasteiger partial charge in [0.25, 0.3) is 5.91 Å². The van der Waals surface area contributed by atoms with Crippen molar-refractivity contribution < 1.29 is 27.2 Å². The fourth-order valence-electron chi connectivity index (χ4n) is 2.18. The maximum atomic E-state index is 12.4. The van der Waals surface area contributed by atoms with Gasteiger partial charge >= 0.3 is 5.97 Å². The lowest BCUT2D eigenvalue weighted by atomic mass is 10.2.